The number of hydrogen-bond donors (Lipinski definition) is 1. The normalized spacial score (nSPS) is 10.6. The molecule has 0 saturated carbocycles. The van der Waals surface area contributed by atoms with Crippen LogP contribution < -0.4 is 20.2 Å². The van der Waals surface area contributed by atoms with Crippen LogP contribution in [0.3, 0.4) is 0 Å². The zero-order valence-electron chi connectivity index (χ0n) is 17.2. The fourth-order valence-corrected chi connectivity index (χ4v) is 3.26. The van der Waals surface area contributed by atoms with Crippen molar-refractivity contribution in [3.63, 3.8) is 0 Å². The molecule has 6 heteroatoms. The maximum Gasteiger partial charge on any atom is 0.228 e. The van der Waals surface area contributed by atoms with E-state index in [0.29, 0.717) is 28.2 Å². The van der Waals surface area contributed by atoms with Gasteiger partial charge in [0.1, 0.15) is 22.8 Å². The molecule has 0 aliphatic heterocycles. The van der Waals surface area contributed by atoms with Crippen LogP contribution in [0.15, 0.2) is 82.0 Å². The molecule has 0 unspecified atom stereocenters. The van der Waals surface area contributed by atoms with Gasteiger partial charge in [-0.1, -0.05) is 12.1 Å². The lowest BCUT2D eigenvalue weighted by atomic mass is 10.1. The summed E-state index contributed by atoms with van der Waals surface area (Å²) < 4.78 is 16.3. The second kappa shape index (κ2) is 8.75. The first-order chi connectivity index (χ1) is 15.1. The molecule has 4 rings (SSSR count). The third kappa shape index (κ3) is 4.59. The molecule has 3 aromatic carbocycles. The van der Waals surface area contributed by atoms with Crippen molar-refractivity contribution in [3.8, 4) is 22.8 Å². The number of methoxy groups -OCH3 is 2. The molecule has 0 aliphatic carbocycles. The number of ether oxygens (including phenoxy) is 2. The molecule has 0 fully saturated rings. The number of carbonyl (C=O) groups is 1. The zero-order valence-corrected chi connectivity index (χ0v) is 17.2. The largest absolute Gasteiger partial charge is 0.497 e. The average molecular weight is 415 g/mol. The number of anilines is 1. The van der Waals surface area contributed by atoms with Crippen LogP contribution in [0.2, 0.25) is 0 Å². The van der Waals surface area contributed by atoms with E-state index in [1.807, 2.05) is 36.4 Å². The highest BCUT2D eigenvalue weighted by molar-refractivity contribution is 5.94. The Morgan fingerprint density at radius 3 is 2.16 bits per heavy atom. The van der Waals surface area contributed by atoms with Gasteiger partial charge in [0.2, 0.25) is 5.91 Å². The molecule has 0 bridgehead atoms. The van der Waals surface area contributed by atoms with E-state index in [-0.39, 0.29) is 17.8 Å². The number of nitrogens with one attached hydrogen (secondary N) is 1. The lowest BCUT2D eigenvalue weighted by Crippen LogP contribution is -2.14. The first-order valence-corrected chi connectivity index (χ1v) is 9.71. The molecule has 0 radical (unpaired) electrons. The van der Waals surface area contributed by atoms with Gasteiger partial charge in [0.15, 0.2) is 5.43 Å². The van der Waals surface area contributed by atoms with Crippen molar-refractivity contribution >= 4 is 22.6 Å². The predicted molar refractivity (Wildman–Crippen MR) is 120 cm³/mol. The third-order valence-corrected chi connectivity index (χ3v) is 4.91. The van der Waals surface area contributed by atoms with E-state index in [9.17, 15) is 9.59 Å². The summed E-state index contributed by atoms with van der Waals surface area (Å²) in [6.45, 7) is 0. The summed E-state index contributed by atoms with van der Waals surface area (Å²) in [5.74, 6) is 1.73. The minimum absolute atomic E-state index is 0.150. The van der Waals surface area contributed by atoms with E-state index in [2.05, 4.69) is 5.32 Å². The third-order valence-electron chi connectivity index (χ3n) is 4.91. The molecule has 31 heavy (non-hydrogen) atoms. The van der Waals surface area contributed by atoms with Crippen molar-refractivity contribution in [1.82, 2.24) is 0 Å². The molecule has 0 atom stereocenters. The summed E-state index contributed by atoms with van der Waals surface area (Å²) in [5.41, 5.74) is 2.44. The van der Waals surface area contributed by atoms with E-state index < -0.39 is 0 Å². The highest BCUT2D eigenvalue weighted by Gasteiger charge is 2.10. The van der Waals surface area contributed by atoms with Crippen LogP contribution in [0, 0.1) is 0 Å². The van der Waals surface area contributed by atoms with Gasteiger partial charge >= 0.3 is 0 Å². The fraction of sp³-hybridized carbons (Fsp3) is 0.120. The first kappa shape index (κ1) is 20.2. The van der Waals surface area contributed by atoms with Gasteiger partial charge in [-0.15, -0.1) is 0 Å². The van der Waals surface area contributed by atoms with E-state index >= 15 is 0 Å². The Hall–Kier alpha value is -4.06. The van der Waals surface area contributed by atoms with Gasteiger partial charge in [0.25, 0.3) is 0 Å². The Morgan fingerprint density at radius 2 is 1.52 bits per heavy atom. The lowest BCUT2D eigenvalue weighted by Gasteiger charge is -2.08. The van der Waals surface area contributed by atoms with Gasteiger partial charge in [-0.3, -0.25) is 9.59 Å². The van der Waals surface area contributed by atoms with E-state index in [0.717, 1.165) is 16.9 Å². The highest BCUT2D eigenvalue weighted by Crippen LogP contribution is 2.26. The SMILES string of the molecule is COc1ccc(CC(=O)Nc2ccc3c(=O)cc(-c4ccc(OC)cc4)oc3c2)cc1. The Kier molecular flexibility index (Phi) is 5.71. The molecule has 4 aromatic rings. The summed E-state index contributed by atoms with van der Waals surface area (Å²) >= 11 is 0. The minimum atomic E-state index is -0.168. The summed E-state index contributed by atoms with van der Waals surface area (Å²) in [6.07, 6.45) is 0.220. The Morgan fingerprint density at radius 1 is 0.871 bits per heavy atom. The smallest absolute Gasteiger partial charge is 0.228 e. The molecule has 1 aromatic heterocycles. The van der Waals surface area contributed by atoms with Crippen molar-refractivity contribution in [2.24, 2.45) is 0 Å². The molecule has 1 N–H and O–H groups in total. The van der Waals surface area contributed by atoms with Crippen LogP contribution in [0.4, 0.5) is 5.69 Å². The Labute approximate surface area is 179 Å². The van der Waals surface area contributed by atoms with Gasteiger partial charge in [-0.05, 0) is 54.1 Å². The minimum Gasteiger partial charge on any atom is -0.497 e. The maximum absolute atomic E-state index is 12.5. The number of carbonyl (C=O) groups excluding carboxylic acids is 1. The van der Waals surface area contributed by atoms with E-state index in [1.54, 1.807) is 44.6 Å². The van der Waals surface area contributed by atoms with Gasteiger partial charge in [-0.25, -0.2) is 0 Å². The highest BCUT2D eigenvalue weighted by atomic mass is 16.5. The van der Waals surface area contributed by atoms with Gasteiger partial charge in [-0.2, -0.15) is 0 Å². The molecule has 0 spiro atoms. The second-order valence-corrected chi connectivity index (χ2v) is 6.99. The van der Waals surface area contributed by atoms with Crippen molar-refractivity contribution in [1.29, 1.82) is 0 Å². The number of hydrogen-bond acceptors (Lipinski definition) is 5. The van der Waals surface area contributed by atoms with Crippen molar-refractivity contribution in [2.45, 2.75) is 6.42 Å². The summed E-state index contributed by atoms with van der Waals surface area (Å²) in [4.78, 5) is 25.0. The topological polar surface area (TPSA) is 77.8 Å². The van der Waals surface area contributed by atoms with Crippen LogP contribution in [0.25, 0.3) is 22.3 Å². The zero-order chi connectivity index (χ0) is 21.8. The van der Waals surface area contributed by atoms with Crippen molar-refractivity contribution < 1.29 is 18.7 Å². The van der Waals surface area contributed by atoms with Crippen LogP contribution in [0.1, 0.15) is 5.56 Å². The fourth-order valence-electron chi connectivity index (χ4n) is 3.26. The molecule has 156 valence electrons. The number of amides is 1. The van der Waals surface area contributed by atoms with Crippen molar-refractivity contribution in [3.05, 3.63) is 88.6 Å². The summed E-state index contributed by atoms with van der Waals surface area (Å²) in [5, 5.41) is 3.31. The van der Waals surface area contributed by atoms with Crippen LogP contribution in [-0.4, -0.2) is 20.1 Å². The monoisotopic (exact) mass is 415 g/mol. The van der Waals surface area contributed by atoms with E-state index in [1.165, 1.54) is 6.07 Å². The van der Waals surface area contributed by atoms with Crippen LogP contribution >= 0.6 is 0 Å². The molecule has 6 nitrogen and oxygen atoms in total. The number of rotatable bonds is 6. The molecule has 1 amide bonds. The van der Waals surface area contributed by atoms with Gasteiger partial charge in [0, 0.05) is 23.4 Å². The number of benzene rings is 3. The van der Waals surface area contributed by atoms with Gasteiger partial charge in [0.05, 0.1) is 26.0 Å². The quantitative estimate of drug-likeness (QED) is 0.496. The van der Waals surface area contributed by atoms with Gasteiger partial charge < -0.3 is 19.2 Å². The van der Waals surface area contributed by atoms with Crippen molar-refractivity contribution in [2.75, 3.05) is 19.5 Å². The lowest BCUT2D eigenvalue weighted by molar-refractivity contribution is -0.115. The summed E-state index contributed by atoms with van der Waals surface area (Å²) in [6, 6.07) is 21.0. The molecule has 1 heterocycles. The number of fused-ring (bicyclic) bond motifs is 1. The van der Waals surface area contributed by atoms with Crippen LogP contribution in [0.5, 0.6) is 11.5 Å². The molecule has 0 saturated heterocycles. The molecular weight excluding hydrogens is 394 g/mol. The average Bonchev–Trinajstić information content (AvgIpc) is 2.79. The summed E-state index contributed by atoms with van der Waals surface area (Å²) in [7, 11) is 3.19. The maximum atomic E-state index is 12.5. The molecule has 0 aliphatic rings. The standard InChI is InChI=1S/C25H21NO5/c1-29-19-8-3-16(4-9-19)13-25(28)26-18-7-12-21-22(27)15-23(31-24(21)14-18)17-5-10-20(30-2)11-6-17/h3-12,14-15H,13H2,1-2H3,(H,26,28). The first-order valence-electron chi connectivity index (χ1n) is 9.71. The second-order valence-electron chi connectivity index (χ2n) is 6.99. The Balaban J connectivity index is 1.57. The predicted octanol–water partition coefficient (Wildman–Crippen LogP) is 4.66. The van der Waals surface area contributed by atoms with Crippen LogP contribution in [-0.2, 0) is 11.2 Å². The Bertz CT molecular complexity index is 1270. The molecular formula is C25H21NO5. The van der Waals surface area contributed by atoms with E-state index in [4.69, 9.17) is 13.9 Å².